The van der Waals surface area contributed by atoms with E-state index in [-0.39, 0.29) is 17.6 Å². The Labute approximate surface area is 190 Å². The van der Waals surface area contributed by atoms with Gasteiger partial charge in [-0.15, -0.1) is 5.48 Å². The Kier molecular flexibility index (Phi) is 7.60. The lowest BCUT2D eigenvalue weighted by Gasteiger charge is -2.08. The van der Waals surface area contributed by atoms with E-state index in [4.69, 9.17) is 4.84 Å². The highest BCUT2D eigenvalue weighted by molar-refractivity contribution is 5.90. The van der Waals surface area contributed by atoms with Gasteiger partial charge in [-0.2, -0.15) is 5.10 Å². The molecule has 0 saturated heterocycles. The molecule has 4 N–H and O–H groups in total. The molecule has 3 aromatic rings. The number of H-pyrrole nitrogens is 1. The zero-order chi connectivity index (χ0) is 22.9. The van der Waals surface area contributed by atoms with E-state index in [1.54, 1.807) is 12.3 Å². The van der Waals surface area contributed by atoms with Gasteiger partial charge in [-0.1, -0.05) is 24.3 Å². The molecule has 0 bridgehead atoms. The number of hydrogen-bond donors (Lipinski definition) is 4. The van der Waals surface area contributed by atoms with Crippen LogP contribution in [0.25, 0.3) is 10.8 Å². The Hall–Kier alpha value is -3.79. The fourth-order valence-electron chi connectivity index (χ4n) is 3.52. The molecule has 3 heterocycles. The van der Waals surface area contributed by atoms with Gasteiger partial charge in [-0.3, -0.25) is 14.6 Å². The third-order valence-corrected chi connectivity index (χ3v) is 5.24. The Morgan fingerprint density at radius 3 is 2.70 bits per heavy atom. The van der Waals surface area contributed by atoms with Crippen LogP contribution in [0.5, 0.6) is 0 Å². The molecule has 1 aromatic carbocycles. The first-order valence-corrected chi connectivity index (χ1v) is 11.1. The van der Waals surface area contributed by atoms with E-state index in [2.05, 4.69) is 36.3 Å². The minimum atomic E-state index is -0.298. The van der Waals surface area contributed by atoms with E-state index in [1.807, 2.05) is 36.4 Å². The van der Waals surface area contributed by atoms with Gasteiger partial charge in [0, 0.05) is 37.5 Å². The van der Waals surface area contributed by atoms with Crippen LogP contribution >= 0.6 is 0 Å². The number of hydroxylamine groups is 1. The van der Waals surface area contributed by atoms with Crippen LogP contribution in [0.1, 0.15) is 44.0 Å². The number of carbonyl (C=O) groups excluding carboxylic acids is 1. The Morgan fingerprint density at radius 1 is 1.03 bits per heavy atom. The number of pyridine rings is 1. The molecule has 1 atom stereocenters. The first-order chi connectivity index (χ1) is 16.2. The maximum absolute atomic E-state index is 12.1. The molecule has 2 aromatic heterocycles. The van der Waals surface area contributed by atoms with E-state index in [9.17, 15) is 9.59 Å². The number of aromatic amines is 1. The van der Waals surface area contributed by atoms with Gasteiger partial charge in [0.05, 0.1) is 11.1 Å². The van der Waals surface area contributed by atoms with E-state index in [1.165, 1.54) is 0 Å². The summed E-state index contributed by atoms with van der Waals surface area (Å²) in [5, 5.41) is 14.2. The summed E-state index contributed by atoms with van der Waals surface area (Å²) >= 11 is 0. The van der Waals surface area contributed by atoms with Crippen LogP contribution in [0.3, 0.4) is 0 Å². The third kappa shape index (κ3) is 6.13. The van der Waals surface area contributed by atoms with Crippen molar-refractivity contribution in [2.45, 2.75) is 38.3 Å². The van der Waals surface area contributed by atoms with Crippen molar-refractivity contribution in [2.24, 2.45) is 4.99 Å². The lowest BCUT2D eigenvalue weighted by Crippen LogP contribution is -2.24. The molecule has 0 aliphatic carbocycles. The normalized spacial score (nSPS) is 15.2. The number of benzene rings is 1. The van der Waals surface area contributed by atoms with Crippen molar-refractivity contribution >= 4 is 28.4 Å². The van der Waals surface area contributed by atoms with E-state index in [0.717, 1.165) is 23.9 Å². The predicted octanol–water partition coefficient (Wildman–Crippen LogP) is 2.43. The van der Waals surface area contributed by atoms with E-state index in [0.29, 0.717) is 49.5 Å². The first-order valence-electron chi connectivity index (χ1n) is 11.1. The summed E-state index contributed by atoms with van der Waals surface area (Å²) in [6.07, 6.45) is 4.79. The second-order valence-corrected chi connectivity index (χ2v) is 7.68. The summed E-state index contributed by atoms with van der Waals surface area (Å²) in [4.78, 5) is 38.0. The average Bonchev–Trinajstić information content (AvgIpc) is 3.32. The zero-order valence-electron chi connectivity index (χ0n) is 18.2. The number of aromatic nitrogens is 3. The zero-order valence-corrected chi connectivity index (χ0v) is 18.2. The van der Waals surface area contributed by atoms with Crippen molar-refractivity contribution in [3.8, 4) is 0 Å². The summed E-state index contributed by atoms with van der Waals surface area (Å²) in [5.74, 6) is 1.27. The number of amides is 1. The number of fused-ring (bicyclic) bond motifs is 1. The molecule has 0 saturated carbocycles. The maximum Gasteiger partial charge on any atom is 0.272 e. The molecule has 10 heteroatoms. The quantitative estimate of drug-likeness (QED) is 0.330. The molecule has 0 radical (unpaired) electrons. The maximum atomic E-state index is 12.1. The monoisotopic (exact) mass is 449 g/mol. The molecule has 1 unspecified atom stereocenters. The van der Waals surface area contributed by atoms with Crippen molar-refractivity contribution in [1.29, 1.82) is 0 Å². The van der Waals surface area contributed by atoms with Gasteiger partial charge >= 0.3 is 0 Å². The molecule has 1 aliphatic heterocycles. The number of aliphatic imine (C=N–C) groups is 1. The molecular weight excluding hydrogens is 422 g/mol. The topological polar surface area (TPSA) is 133 Å². The van der Waals surface area contributed by atoms with Crippen molar-refractivity contribution in [3.63, 3.8) is 0 Å². The van der Waals surface area contributed by atoms with Crippen LogP contribution in [0.15, 0.2) is 58.4 Å². The Balaban J connectivity index is 1.09. The number of nitrogens with one attached hydrogen (secondary N) is 4. The van der Waals surface area contributed by atoms with Gasteiger partial charge in [0.2, 0.25) is 11.8 Å². The van der Waals surface area contributed by atoms with Gasteiger partial charge in [-0.05, 0) is 37.5 Å². The van der Waals surface area contributed by atoms with Gasteiger partial charge in [0.15, 0.2) is 12.0 Å². The van der Waals surface area contributed by atoms with Crippen LogP contribution in [0, 0.1) is 0 Å². The van der Waals surface area contributed by atoms with Crippen molar-refractivity contribution in [3.05, 3.63) is 64.7 Å². The summed E-state index contributed by atoms with van der Waals surface area (Å²) in [6.45, 7) is 1.31. The predicted molar refractivity (Wildman–Crippen MR) is 126 cm³/mol. The lowest BCUT2D eigenvalue weighted by atomic mass is 10.2. The fourth-order valence-corrected chi connectivity index (χ4v) is 3.52. The second kappa shape index (κ2) is 11.2. The molecule has 172 valence electrons. The van der Waals surface area contributed by atoms with E-state index >= 15 is 0 Å². The number of anilines is 1. The minimum absolute atomic E-state index is 0.0177. The van der Waals surface area contributed by atoms with Crippen LogP contribution < -0.4 is 21.7 Å². The lowest BCUT2D eigenvalue weighted by molar-refractivity contribution is -0.121. The number of hydrogen-bond acceptors (Lipinski definition) is 8. The standard InChI is InChI=1S/C23H27N7O3/c31-19(11-7-12-20-27-22(30-33-20)18-10-3-4-13-24-18)25-14-5-6-15-26-21-16-8-1-2-9-17(16)23(32)29-28-21/h1-4,8-10,13,22,30H,5-7,11-12,14-15H2,(H,25,31)(H,26,28)(H,29,32). The highest BCUT2D eigenvalue weighted by Gasteiger charge is 2.20. The van der Waals surface area contributed by atoms with E-state index < -0.39 is 0 Å². The number of nitrogens with zero attached hydrogens (tertiary/aromatic N) is 3. The highest BCUT2D eigenvalue weighted by Crippen LogP contribution is 2.18. The second-order valence-electron chi connectivity index (χ2n) is 7.68. The number of carbonyl (C=O) groups is 1. The van der Waals surface area contributed by atoms with Crippen LogP contribution in [0.2, 0.25) is 0 Å². The number of rotatable bonds is 11. The van der Waals surface area contributed by atoms with Gasteiger partial charge in [0.25, 0.3) is 5.56 Å². The number of unbranched alkanes of at least 4 members (excludes halogenated alkanes) is 1. The molecule has 0 spiro atoms. The van der Waals surface area contributed by atoms with Crippen molar-refractivity contribution in [1.82, 2.24) is 26.0 Å². The van der Waals surface area contributed by atoms with Crippen molar-refractivity contribution < 1.29 is 9.63 Å². The minimum Gasteiger partial charge on any atom is -0.391 e. The molecule has 1 amide bonds. The molecule has 1 aliphatic rings. The largest absolute Gasteiger partial charge is 0.391 e. The molecule has 4 rings (SSSR count). The SMILES string of the molecule is O=C(CCCC1=NC(c2ccccn2)NO1)NCCCCNc1n[nH]c(=O)c2ccccc12. The highest BCUT2D eigenvalue weighted by atomic mass is 16.7. The summed E-state index contributed by atoms with van der Waals surface area (Å²) in [5.41, 5.74) is 3.44. The van der Waals surface area contributed by atoms with Gasteiger partial charge < -0.3 is 15.5 Å². The molecular formula is C23H27N7O3. The Bertz CT molecular complexity index is 1160. The molecule has 10 nitrogen and oxygen atoms in total. The third-order valence-electron chi connectivity index (χ3n) is 5.24. The van der Waals surface area contributed by atoms with Crippen molar-refractivity contribution in [2.75, 3.05) is 18.4 Å². The summed E-state index contributed by atoms with van der Waals surface area (Å²) < 4.78 is 0. The van der Waals surface area contributed by atoms with Crippen LogP contribution in [-0.2, 0) is 9.63 Å². The summed E-state index contributed by atoms with van der Waals surface area (Å²) in [6, 6.07) is 13.0. The molecule has 0 fully saturated rings. The fraction of sp³-hybridized carbons (Fsp3) is 0.348. The smallest absolute Gasteiger partial charge is 0.272 e. The van der Waals surface area contributed by atoms with Crippen LogP contribution in [0.4, 0.5) is 5.82 Å². The molecule has 33 heavy (non-hydrogen) atoms. The van der Waals surface area contributed by atoms with Gasteiger partial charge in [-0.25, -0.2) is 10.1 Å². The Morgan fingerprint density at radius 2 is 1.85 bits per heavy atom. The first kappa shape index (κ1) is 22.4. The summed E-state index contributed by atoms with van der Waals surface area (Å²) in [7, 11) is 0. The average molecular weight is 450 g/mol. The van der Waals surface area contributed by atoms with Gasteiger partial charge in [0.1, 0.15) is 0 Å². The van der Waals surface area contributed by atoms with Crippen LogP contribution in [-0.4, -0.2) is 40.1 Å².